The van der Waals surface area contributed by atoms with E-state index in [0.717, 1.165) is 36.9 Å². The molecule has 1 amide bonds. The number of fused-ring (bicyclic) bond motifs is 1. The van der Waals surface area contributed by atoms with Gasteiger partial charge in [0.15, 0.2) is 0 Å². The maximum Gasteiger partial charge on any atom is 0.261 e. The minimum atomic E-state index is -3.85. The molecule has 1 fully saturated rings. The van der Waals surface area contributed by atoms with E-state index in [1.165, 1.54) is 30.3 Å². The van der Waals surface area contributed by atoms with Crippen molar-refractivity contribution in [3.05, 3.63) is 59.4 Å². The van der Waals surface area contributed by atoms with E-state index in [9.17, 15) is 17.6 Å². The van der Waals surface area contributed by atoms with Crippen LogP contribution in [0.1, 0.15) is 31.2 Å². The lowest BCUT2D eigenvalue weighted by molar-refractivity contribution is -0.112. The number of carbonyl (C=O) groups is 1. The Bertz CT molecular complexity index is 1050. The molecule has 0 bridgehead atoms. The van der Waals surface area contributed by atoms with Crippen molar-refractivity contribution in [2.24, 2.45) is 0 Å². The van der Waals surface area contributed by atoms with E-state index in [1.54, 1.807) is 24.1 Å². The maximum absolute atomic E-state index is 13.0. The number of rotatable bonds is 3. The molecular weight excluding hydrogens is 367 g/mol. The molecule has 0 aromatic heterocycles. The van der Waals surface area contributed by atoms with Crippen molar-refractivity contribution in [2.75, 3.05) is 16.7 Å². The van der Waals surface area contributed by atoms with Gasteiger partial charge in [-0.15, -0.1) is 0 Å². The molecule has 27 heavy (non-hydrogen) atoms. The molecule has 0 atom stereocenters. The highest BCUT2D eigenvalue weighted by molar-refractivity contribution is 7.92. The molecule has 4 rings (SSSR count). The highest BCUT2D eigenvalue weighted by atomic mass is 32.2. The van der Waals surface area contributed by atoms with Crippen LogP contribution in [-0.2, 0) is 14.8 Å². The molecular formula is C20H19FN2O3S. The molecule has 0 saturated heterocycles. The van der Waals surface area contributed by atoms with Crippen molar-refractivity contribution in [2.45, 2.75) is 30.6 Å². The van der Waals surface area contributed by atoms with E-state index < -0.39 is 15.8 Å². The number of halogens is 1. The topological polar surface area (TPSA) is 66.5 Å². The zero-order valence-electron chi connectivity index (χ0n) is 14.8. The summed E-state index contributed by atoms with van der Waals surface area (Å²) in [5.41, 5.74) is 3.41. The van der Waals surface area contributed by atoms with Crippen LogP contribution < -0.4 is 9.62 Å². The van der Waals surface area contributed by atoms with Gasteiger partial charge in [0.05, 0.1) is 10.6 Å². The van der Waals surface area contributed by atoms with Crippen molar-refractivity contribution in [3.8, 4) is 0 Å². The van der Waals surface area contributed by atoms with Crippen LogP contribution in [0.2, 0.25) is 0 Å². The van der Waals surface area contributed by atoms with Gasteiger partial charge >= 0.3 is 0 Å². The number of sulfonamides is 1. The second-order valence-corrected chi connectivity index (χ2v) is 8.52. The first-order chi connectivity index (χ1) is 12.9. The van der Waals surface area contributed by atoms with Gasteiger partial charge in [-0.2, -0.15) is 0 Å². The monoisotopic (exact) mass is 386 g/mol. The minimum absolute atomic E-state index is 0.0739. The third kappa shape index (κ3) is 3.12. The molecule has 1 aliphatic carbocycles. The number of nitrogens with one attached hydrogen (secondary N) is 1. The number of benzene rings is 2. The number of amides is 1. The Morgan fingerprint density at radius 3 is 2.37 bits per heavy atom. The molecule has 1 saturated carbocycles. The average molecular weight is 386 g/mol. The van der Waals surface area contributed by atoms with Gasteiger partial charge in [-0.1, -0.05) is 5.57 Å². The Kier molecular flexibility index (Phi) is 4.26. The van der Waals surface area contributed by atoms with E-state index in [-0.39, 0.29) is 16.5 Å². The molecule has 0 spiro atoms. The van der Waals surface area contributed by atoms with E-state index in [2.05, 4.69) is 4.72 Å². The molecule has 2 aromatic carbocycles. The molecule has 0 radical (unpaired) electrons. The fourth-order valence-electron chi connectivity index (χ4n) is 3.69. The van der Waals surface area contributed by atoms with E-state index >= 15 is 0 Å². The molecule has 5 nitrogen and oxygen atoms in total. The largest absolute Gasteiger partial charge is 0.311 e. The van der Waals surface area contributed by atoms with Crippen LogP contribution in [0.5, 0.6) is 0 Å². The zero-order valence-corrected chi connectivity index (χ0v) is 15.6. The number of anilines is 2. The predicted octanol–water partition coefficient (Wildman–Crippen LogP) is 3.93. The van der Waals surface area contributed by atoms with Gasteiger partial charge in [-0.3, -0.25) is 9.52 Å². The third-order valence-corrected chi connectivity index (χ3v) is 6.46. The van der Waals surface area contributed by atoms with Crippen LogP contribution >= 0.6 is 0 Å². The molecule has 1 heterocycles. The first-order valence-corrected chi connectivity index (χ1v) is 10.3. The average Bonchev–Trinajstić information content (AvgIpc) is 3.24. The number of carbonyl (C=O) groups excluding carboxylic acids is 1. The summed E-state index contributed by atoms with van der Waals surface area (Å²) in [5, 5.41) is 0. The van der Waals surface area contributed by atoms with Crippen molar-refractivity contribution in [3.63, 3.8) is 0 Å². The number of likely N-dealkylation sites (N-methyl/N-ethyl adjacent to an activating group) is 1. The Hall–Kier alpha value is -2.67. The zero-order chi connectivity index (χ0) is 19.2. The van der Waals surface area contributed by atoms with Gasteiger partial charge in [0.25, 0.3) is 15.9 Å². The molecule has 140 valence electrons. The number of hydrogen-bond acceptors (Lipinski definition) is 3. The predicted molar refractivity (Wildman–Crippen MR) is 102 cm³/mol. The second kappa shape index (κ2) is 6.49. The number of allylic oxidation sites excluding steroid dienone is 1. The van der Waals surface area contributed by atoms with Gasteiger partial charge in [-0.05, 0) is 68.1 Å². The van der Waals surface area contributed by atoms with E-state index in [0.29, 0.717) is 11.1 Å². The summed E-state index contributed by atoms with van der Waals surface area (Å²) >= 11 is 0. The van der Waals surface area contributed by atoms with Crippen LogP contribution in [0.4, 0.5) is 15.8 Å². The van der Waals surface area contributed by atoms with Crippen LogP contribution in [0, 0.1) is 5.82 Å². The van der Waals surface area contributed by atoms with Crippen molar-refractivity contribution in [1.82, 2.24) is 0 Å². The summed E-state index contributed by atoms with van der Waals surface area (Å²) in [6, 6.07) is 9.81. The van der Waals surface area contributed by atoms with E-state index in [1.807, 2.05) is 0 Å². The SMILES string of the molecule is CN1C(=O)C(=C2CCCC2)c2cc(S(=O)(=O)Nc3ccc(F)cc3)ccc21. The highest BCUT2D eigenvalue weighted by Crippen LogP contribution is 2.42. The Morgan fingerprint density at radius 1 is 1.04 bits per heavy atom. The molecule has 1 N–H and O–H groups in total. The first-order valence-electron chi connectivity index (χ1n) is 8.80. The van der Waals surface area contributed by atoms with Crippen LogP contribution in [0.15, 0.2) is 52.9 Å². The quantitative estimate of drug-likeness (QED) is 0.813. The minimum Gasteiger partial charge on any atom is -0.311 e. The summed E-state index contributed by atoms with van der Waals surface area (Å²) < 4.78 is 41.0. The first kappa shape index (κ1) is 17.7. The van der Waals surface area contributed by atoms with Gasteiger partial charge in [0, 0.05) is 23.9 Å². The Morgan fingerprint density at radius 2 is 1.70 bits per heavy atom. The highest BCUT2D eigenvalue weighted by Gasteiger charge is 2.34. The summed E-state index contributed by atoms with van der Waals surface area (Å²) in [5.74, 6) is -0.521. The third-order valence-electron chi connectivity index (χ3n) is 5.08. The second-order valence-electron chi connectivity index (χ2n) is 6.84. The van der Waals surface area contributed by atoms with Gasteiger partial charge in [0.2, 0.25) is 0 Å². The van der Waals surface area contributed by atoms with Crippen molar-refractivity contribution < 1.29 is 17.6 Å². The van der Waals surface area contributed by atoms with Gasteiger partial charge in [-0.25, -0.2) is 12.8 Å². The molecule has 1 aliphatic heterocycles. The lowest BCUT2D eigenvalue weighted by atomic mass is 10.00. The molecule has 0 unspecified atom stereocenters. The van der Waals surface area contributed by atoms with Crippen LogP contribution in [0.25, 0.3) is 5.57 Å². The Labute approximate surface area is 157 Å². The standard InChI is InChI=1S/C20H19FN2O3S/c1-23-18-11-10-16(27(25,26)22-15-8-6-14(21)7-9-15)12-17(18)19(20(23)24)13-4-2-3-5-13/h6-12,22H,2-5H2,1H3. The number of hydrogen-bond donors (Lipinski definition) is 1. The summed E-state index contributed by atoms with van der Waals surface area (Å²) in [7, 11) is -2.15. The van der Waals surface area contributed by atoms with Gasteiger partial charge < -0.3 is 4.90 Å². The van der Waals surface area contributed by atoms with Gasteiger partial charge in [0.1, 0.15) is 5.82 Å². The summed E-state index contributed by atoms with van der Waals surface area (Å²) in [6.45, 7) is 0. The van der Waals surface area contributed by atoms with Crippen LogP contribution in [0.3, 0.4) is 0 Å². The Balaban J connectivity index is 1.75. The molecule has 2 aromatic rings. The molecule has 7 heteroatoms. The fourth-order valence-corrected chi connectivity index (χ4v) is 4.78. The normalized spacial score (nSPS) is 16.8. The van der Waals surface area contributed by atoms with Crippen molar-refractivity contribution in [1.29, 1.82) is 0 Å². The maximum atomic E-state index is 13.0. The molecule has 2 aliphatic rings. The van der Waals surface area contributed by atoms with E-state index in [4.69, 9.17) is 0 Å². The fraction of sp³-hybridized carbons (Fsp3) is 0.250. The number of nitrogens with zero attached hydrogens (tertiary/aromatic N) is 1. The summed E-state index contributed by atoms with van der Waals surface area (Å²) in [6.07, 6.45) is 3.85. The lowest BCUT2D eigenvalue weighted by Gasteiger charge is -2.11. The lowest BCUT2D eigenvalue weighted by Crippen LogP contribution is -2.20. The van der Waals surface area contributed by atoms with Crippen molar-refractivity contribution >= 4 is 32.9 Å². The summed E-state index contributed by atoms with van der Waals surface area (Å²) in [4.78, 5) is 14.3. The smallest absolute Gasteiger partial charge is 0.261 e. The van der Waals surface area contributed by atoms with Crippen LogP contribution in [-0.4, -0.2) is 21.4 Å².